The standard InChI is InChI=1S/C58H112O6/c1-4-7-10-13-16-18-20-22-23-24-25-26-27-28-29-30-31-32-33-34-36-37-39-42-45-48-51-57(60)63-54-55(53-62-56(59)50-47-44-41-15-12-9-6-3)64-58(61)52-49-46-43-40-38-35-21-19-17-14-11-8-5-2/h55H,4-54H2,1-3H3. The van der Waals surface area contributed by atoms with Gasteiger partial charge in [0, 0.05) is 19.3 Å². The van der Waals surface area contributed by atoms with E-state index in [9.17, 15) is 14.4 Å². The Morgan fingerprint density at radius 3 is 0.625 bits per heavy atom. The minimum absolute atomic E-state index is 0.0621. The molecule has 0 rings (SSSR count). The minimum Gasteiger partial charge on any atom is -0.462 e. The normalized spacial score (nSPS) is 11.9. The van der Waals surface area contributed by atoms with E-state index < -0.39 is 6.10 Å². The van der Waals surface area contributed by atoms with E-state index in [0.29, 0.717) is 19.3 Å². The van der Waals surface area contributed by atoms with Crippen molar-refractivity contribution in [3.8, 4) is 0 Å². The van der Waals surface area contributed by atoms with E-state index in [-0.39, 0.29) is 31.1 Å². The van der Waals surface area contributed by atoms with Crippen molar-refractivity contribution in [2.45, 2.75) is 341 Å². The summed E-state index contributed by atoms with van der Waals surface area (Å²) in [7, 11) is 0. The second-order valence-corrected chi connectivity index (χ2v) is 19.9. The Bertz CT molecular complexity index is 951. The predicted octanol–water partition coefficient (Wildman–Crippen LogP) is 19.2. The first-order valence-electron chi connectivity index (χ1n) is 29.0. The molecule has 0 saturated heterocycles. The molecule has 0 heterocycles. The van der Waals surface area contributed by atoms with Crippen LogP contribution < -0.4 is 0 Å². The molecule has 380 valence electrons. The summed E-state index contributed by atoms with van der Waals surface area (Å²) in [6.07, 6.45) is 59.9. The number of unbranched alkanes of at least 4 members (excludes halogenated alkanes) is 43. The van der Waals surface area contributed by atoms with Crippen molar-refractivity contribution in [3.63, 3.8) is 0 Å². The van der Waals surface area contributed by atoms with Crippen molar-refractivity contribution in [2.24, 2.45) is 0 Å². The van der Waals surface area contributed by atoms with Gasteiger partial charge in [-0.15, -0.1) is 0 Å². The zero-order valence-electron chi connectivity index (χ0n) is 43.6. The Kier molecular flexibility index (Phi) is 52.7. The molecular formula is C58H112O6. The van der Waals surface area contributed by atoms with Crippen molar-refractivity contribution >= 4 is 17.9 Å². The van der Waals surface area contributed by atoms with E-state index in [4.69, 9.17) is 14.2 Å². The van der Waals surface area contributed by atoms with E-state index >= 15 is 0 Å². The summed E-state index contributed by atoms with van der Waals surface area (Å²) < 4.78 is 16.8. The molecule has 64 heavy (non-hydrogen) atoms. The molecule has 0 radical (unpaired) electrons. The number of ether oxygens (including phenoxy) is 3. The van der Waals surface area contributed by atoms with Gasteiger partial charge in [-0.1, -0.05) is 297 Å². The van der Waals surface area contributed by atoms with Crippen LogP contribution in [0.4, 0.5) is 0 Å². The third kappa shape index (κ3) is 51.4. The van der Waals surface area contributed by atoms with Crippen LogP contribution in [0, 0.1) is 0 Å². The Morgan fingerprint density at radius 2 is 0.422 bits per heavy atom. The van der Waals surface area contributed by atoms with Gasteiger partial charge in [0.15, 0.2) is 6.10 Å². The number of hydrogen-bond acceptors (Lipinski definition) is 6. The third-order valence-corrected chi connectivity index (χ3v) is 13.4. The monoisotopic (exact) mass is 905 g/mol. The van der Waals surface area contributed by atoms with Crippen molar-refractivity contribution in [2.75, 3.05) is 13.2 Å². The van der Waals surface area contributed by atoms with E-state index in [1.165, 1.54) is 238 Å². The van der Waals surface area contributed by atoms with Gasteiger partial charge in [0.05, 0.1) is 0 Å². The van der Waals surface area contributed by atoms with E-state index in [1.807, 2.05) is 0 Å². The van der Waals surface area contributed by atoms with Crippen LogP contribution in [0.2, 0.25) is 0 Å². The van der Waals surface area contributed by atoms with Crippen LogP contribution in [0.15, 0.2) is 0 Å². The Morgan fingerprint density at radius 1 is 0.250 bits per heavy atom. The predicted molar refractivity (Wildman–Crippen MR) is 275 cm³/mol. The molecule has 0 aromatic heterocycles. The third-order valence-electron chi connectivity index (χ3n) is 13.4. The summed E-state index contributed by atoms with van der Waals surface area (Å²) in [4.78, 5) is 37.9. The summed E-state index contributed by atoms with van der Waals surface area (Å²) in [6.45, 7) is 6.65. The molecule has 6 nitrogen and oxygen atoms in total. The average Bonchev–Trinajstić information content (AvgIpc) is 3.29. The summed E-state index contributed by atoms with van der Waals surface area (Å²) in [5.74, 6) is -0.845. The summed E-state index contributed by atoms with van der Waals surface area (Å²) in [6, 6.07) is 0. The van der Waals surface area contributed by atoms with Crippen molar-refractivity contribution in [3.05, 3.63) is 0 Å². The highest BCUT2D eigenvalue weighted by atomic mass is 16.6. The van der Waals surface area contributed by atoms with Gasteiger partial charge in [0.2, 0.25) is 0 Å². The topological polar surface area (TPSA) is 78.9 Å². The van der Waals surface area contributed by atoms with Crippen LogP contribution in [-0.4, -0.2) is 37.2 Å². The number of esters is 3. The smallest absolute Gasteiger partial charge is 0.306 e. The Balaban J connectivity index is 4.01. The number of hydrogen-bond donors (Lipinski definition) is 0. The zero-order chi connectivity index (χ0) is 46.5. The largest absolute Gasteiger partial charge is 0.462 e. The van der Waals surface area contributed by atoms with Gasteiger partial charge in [-0.25, -0.2) is 0 Å². The molecule has 0 aliphatic rings. The number of carbonyl (C=O) groups excluding carboxylic acids is 3. The first-order chi connectivity index (χ1) is 31.5. The van der Waals surface area contributed by atoms with Crippen molar-refractivity contribution in [1.29, 1.82) is 0 Å². The van der Waals surface area contributed by atoms with Gasteiger partial charge >= 0.3 is 17.9 Å². The molecule has 1 atom stereocenters. The van der Waals surface area contributed by atoms with Crippen LogP contribution in [0.25, 0.3) is 0 Å². The fourth-order valence-electron chi connectivity index (χ4n) is 8.98. The molecule has 0 aliphatic heterocycles. The van der Waals surface area contributed by atoms with E-state index in [0.717, 1.165) is 57.8 Å². The maximum Gasteiger partial charge on any atom is 0.306 e. The fraction of sp³-hybridized carbons (Fsp3) is 0.948. The highest BCUT2D eigenvalue weighted by Crippen LogP contribution is 2.18. The summed E-state index contributed by atoms with van der Waals surface area (Å²) in [5.41, 5.74) is 0. The molecule has 0 N–H and O–H groups in total. The maximum absolute atomic E-state index is 12.8. The minimum atomic E-state index is -0.759. The van der Waals surface area contributed by atoms with Crippen LogP contribution >= 0.6 is 0 Å². The fourth-order valence-corrected chi connectivity index (χ4v) is 8.98. The van der Waals surface area contributed by atoms with Crippen molar-refractivity contribution < 1.29 is 28.6 Å². The molecule has 0 aliphatic carbocycles. The molecule has 0 amide bonds. The summed E-state index contributed by atoms with van der Waals surface area (Å²) in [5, 5.41) is 0. The van der Waals surface area contributed by atoms with Gasteiger partial charge in [-0.3, -0.25) is 14.4 Å². The highest BCUT2D eigenvalue weighted by Gasteiger charge is 2.19. The van der Waals surface area contributed by atoms with Gasteiger partial charge in [0.25, 0.3) is 0 Å². The Labute approximate surface area is 399 Å². The molecule has 0 aromatic carbocycles. The molecule has 0 aromatic rings. The first kappa shape index (κ1) is 62.4. The zero-order valence-corrected chi connectivity index (χ0v) is 43.6. The van der Waals surface area contributed by atoms with Gasteiger partial charge < -0.3 is 14.2 Å². The van der Waals surface area contributed by atoms with Crippen LogP contribution in [0.3, 0.4) is 0 Å². The van der Waals surface area contributed by atoms with E-state index in [2.05, 4.69) is 20.8 Å². The molecular weight excluding hydrogens is 793 g/mol. The lowest BCUT2D eigenvalue weighted by molar-refractivity contribution is -0.167. The molecule has 0 spiro atoms. The Hall–Kier alpha value is -1.59. The van der Waals surface area contributed by atoms with E-state index in [1.54, 1.807) is 0 Å². The SMILES string of the molecule is CCCCCCCCCCCCCCCCCCCCCCCCCCCCC(=O)OCC(COC(=O)CCCCCCCCC)OC(=O)CCCCCCCCCCCCCCC. The molecule has 6 heteroatoms. The van der Waals surface area contributed by atoms with Crippen LogP contribution in [0.1, 0.15) is 335 Å². The highest BCUT2D eigenvalue weighted by molar-refractivity contribution is 5.71. The lowest BCUT2D eigenvalue weighted by atomic mass is 10.0. The van der Waals surface area contributed by atoms with Crippen molar-refractivity contribution in [1.82, 2.24) is 0 Å². The average molecular weight is 906 g/mol. The van der Waals surface area contributed by atoms with Gasteiger partial charge in [-0.2, -0.15) is 0 Å². The second-order valence-electron chi connectivity index (χ2n) is 19.9. The lowest BCUT2D eigenvalue weighted by Gasteiger charge is -2.18. The quantitative estimate of drug-likeness (QED) is 0.0344. The van der Waals surface area contributed by atoms with Gasteiger partial charge in [0.1, 0.15) is 13.2 Å². The molecule has 0 fully saturated rings. The molecule has 0 bridgehead atoms. The summed E-state index contributed by atoms with van der Waals surface area (Å²) >= 11 is 0. The first-order valence-corrected chi connectivity index (χ1v) is 29.0. The van der Waals surface area contributed by atoms with Gasteiger partial charge in [-0.05, 0) is 19.3 Å². The molecule has 1 unspecified atom stereocenters. The maximum atomic E-state index is 12.8. The van der Waals surface area contributed by atoms with Crippen LogP contribution in [0.5, 0.6) is 0 Å². The number of carbonyl (C=O) groups is 3. The van der Waals surface area contributed by atoms with Crippen LogP contribution in [-0.2, 0) is 28.6 Å². The number of rotatable bonds is 54. The second kappa shape index (κ2) is 54.0. The lowest BCUT2D eigenvalue weighted by Crippen LogP contribution is -2.30. The molecule has 0 saturated carbocycles.